The van der Waals surface area contributed by atoms with Crippen LogP contribution in [0, 0.1) is 16.7 Å². The number of nitrogens with zero attached hydrogens (tertiary/aromatic N) is 2. The molecule has 0 atom stereocenters. The lowest BCUT2D eigenvalue weighted by Crippen LogP contribution is -2.56. The maximum atomic E-state index is 9.12. The molecule has 0 saturated carbocycles. The number of hydrogen-bond donors (Lipinski definition) is 1. The van der Waals surface area contributed by atoms with E-state index < -0.39 is 0 Å². The van der Waals surface area contributed by atoms with Crippen LogP contribution in [0.3, 0.4) is 0 Å². The highest BCUT2D eigenvalue weighted by Crippen LogP contribution is 2.41. The number of benzene rings is 1. The lowest BCUT2D eigenvalue weighted by atomic mass is 9.75. The smallest absolute Gasteiger partial charge is 0.101 e. The van der Waals surface area contributed by atoms with Crippen molar-refractivity contribution >= 4 is 11.4 Å². The minimum Gasteiger partial charge on any atom is -0.399 e. The van der Waals surface area contributed by atoms with Gasteiger partial charge in [0.05, 0.1) is 11.3 Å². The topological polar surface area (TPSA) is 53.0 Å². The summed E-state index contributed by atoms with van der Waals surface area (Å²) in [6.45, 7) is 6.60. The summed E-state index contributed by atoms with van der Waals surface area (Å²) < 4.78 is 0. The van der Waals surface area contributed by atoms with Crippen molar-refractivity contribution in [2.45, 2.75) is 26.7 Å². The molecule has 0 aromatic heterocycles. The summed E-state index contributed by atoms with van der Waals surface area (Å²) in [5.74, 6) is 0. The van der Waals surface area contributed by atoms with E-state index in [0.29, 0.717) is 16.7 Å². The second-order valence-electron chi connectivity index (χ2n) is 4.95. The van der Waals surface area contributed by atoms with Gasteiger partial charge in [-0.3, -0.25) is 0 Å². The van der Waals surface area contributed by atoms with Crippen molar-refractivity contribution in [1.82, 2.24) is 0 Å². The maximum absolute atomic E-state index is 9.12. The number of nitriles is 1. The predicted octanol–water partition coefficient (Wildman–Crippen LogP) is 2.77. The fraction of sp³-hybridized carbons (Fsp3) is 0.500. The minimum absolute atomic E-state index is 0.452. The average molecular weight is 229 g/mol. The quantitative estimate of drug-likeness (QED) is 0.811. The van der Waals surface area contributed by atoms with Crippen molar-refractivity contribution in [2.75, 3.05) is 23.7 Å². The highest BCUT2D eigenvalue weighted by atomic mass is 15.2. The van der Waals surface area contributed by atoms with Crippen LogP contribution in [0.5, 0.6) is 0 Å². The van der Waals surface area contributed by atoms with E-state index >= 15 is 0 Å². The van der Waals surface area contributed by atoms with Crippen molar-refractivity contribution in [1.29, 1.82) is 5.26 Å². The van der Waals surface area contributed by atoms with Crippen LogP contribution in [0.25, 0.3) is 0 Å². The van der Waals surface area contributed by atoms with Crippen LogP contribution < -0.4 is 10.6 Å². The molecule has 1 fully saturated rings. The van der Waals surface area contributed by atoms with E-state index in [1.807, 2.05) is 12.1 Å². The Labute approximate surface area is 103 Å². The molecule has 0 unspecified atom stereocenters. The Kier molecular flexibility index (Phi) is 2.97. The number of anilines is 2. The zero-order chi connectivity index (χ0) is 12.5. The van der Waals surface area contributed by atoms with Gasteiger partial charge in [0.25, 0.3) is 0 Å². The zero-order valence-corrected chi connectivity index (χ0v) is 10.5. The number of hydrogen-bond acceptors (Lipinski definition) is 3. The van der Waals surface area contributed by atoms with Crippen molar-refractivity contribution in [3.8, 4) is 6.07 Å². The van der Waals surface area contributed by atoms with Gasteiger partial charge in [-0.2, -0.15) is 5.26 Å². The van der Waals surface area contributed by atoms with E-state index in [0.717, 1.165) is 18.8 Å². The van der Waals surface area contributed by atoms with E-state index in [1.165, 1.54) is 12.8 Å². The van der Waals surface area contributed by atoms with Crippen LogP contribution in [0.2, 0.25) is 0 Å². The molecular weight excluding hydrogens is 210 g/mol. The largest absolute Gasteiger partial charge is 0.399 e. The average Bonchev–Trinajstić information content (AvgIpc) is 2.30. The highest BCUT2D eigenvalue weighted by Gasteiger charge is 2.40. The van der Waals surface area contributed by atoms with Crippen molar-refractivity contribution in [3.05, 3.63) is 23.8 Å². The lowest BCUT2D eigenvalue weighted by molar-refractivity contribution is 0.194. The van der Waals surface area contributed by atoms with Crippen LogP contribution in [0.15, 0.2) is 18.2 Å². The molecule has 0 amide bonds. The van der Waals surface area contributed by atoms with E-state index in [9.17, 15) is 0 Å². The monoisotopic (exact) mass is 229 g/mol. The standard InChI is InChI=1S/C14H19N3/c1-3-14(4-2)9-17(10-14)13-6-5-12(16)7-11(13)8-15/h5-7H,3-4,9-10,16H2,1-2H3. The van der Waals surface area contributed by atoms with Crippen LogP contribution in [0.1, 0.15) is 32.3 Å². The summed E-state index contributed by atoms with van der Waals surface area (Å²) in [4.78, 5) is 2.28. The third kappa shape index (κ3) is 1.95. The van der Waals surface area contributed by atoms with Gasteiger partial charge in [-0.1, -0.05) is 13.8 Å². The molecule has 1 saturated heterocycles. The molecule has 0 bridgehead atoms. The van der Waals surface area contributed by atoms with E-state index in [1.54, 1.807) is 6.07 Å². The van der Waals surface area contributed by atoms with Crippen LogP contribution in [0.4, 0.5) is 11.4 Å². The Morgan fingerprint density at radius 3 is 2.53 bits per heavy atom. The SMILES string of the molecule is CCC1(CC)CN(c2ccc(N)cc2C#N)C1. The van der Waals surface area contributed by atoms with E-state index in [4.69, 9.17) is 11.0 Å². The van der Waals surface area contributed by atoms with Gasteiger partial charge in [-0.25, -0.2) is 0 Å². The molecular formula is C14H19N3. The summed E-state index contributed by atoms with van der Waals surface area (Å²) in [5.41, 5.74) is 8.52. The fourth-order valence-corrected chi connectivity index (χ4v) is 2.55. The summed E-state index contributed by atoms with van der Waals surface area (Å²) >= 11 is 0. The molecule has 90 valence electrons. The van der Waals surface area contributed by atoms with Crippen molar-refractivity contribution in [3.63, 3.8) is 0 Å². The summed E-state index contributed by atoms with van der Waals surface area (Å²) in [6.07, 6.45) is 2.41. The molecule has 0 radical (unpaired) electrons. The molecule has 1 aliphatic heterocycles. The lowest BCUT2D eigenvalue weighted by Gasteiger charge is -2.51. The first-order valence-corrected chi connectivity index (χ1v) is 6.18. The highest BCUT2D eigenvalue weighted by molar-refractivity contribution is 5.65. The third-order valence-electron chi connectivity index (χ3n) is 4.03. The van der Waals surface area contributed by atoms with Crippen molar-refractivity contribution in [2.24, 2.45) is 5.41 Å². The summed E-state index contributed by atoms with van der Waals surface area (Å²) in [7, 11) is 0. The van der Waals surface area contributed by atoms with Gasteiger partial charge >= 0.3 is 0 Å². The minimum atomic E-state index is 0.452. The van der Waals surface area contributed by atoms with Crippen LogP contribution >= 0.6 is 0 Å². The van der Waals surface area contributed by atoms with Gasteiger partial charge in [-0.05, 0) is 31.0 Å². The number of rotatable bonds is 3. The second-order valence-corrected chi connectivity index (χ2v) is 4.95. The molecule has 2 rings (SSSR count). The summed E-state index contributed by atoms with van der Waals surface area (Å²) in [5, 5.41) is 9.12. The Bertz CT molecular complexity index is 447. The van der Waals surface area contributed by atoms with Gasteiger partial charge in [0.2, 0.25) is 0 Å². The van der Waals surface area contributed by atoms with Crippen LogP contribution in [-0.2, 0) is 0 Å². The third-order valence-corrected chi connectivity index (χ3v) is 4.03. The first-order valence-electron chi connectivity index (χ1n) is 6.18. The number of nitrogens with two attached hydrogens (primary N) is 1. The first kappa shape index (κ1) is 11.8. The molecule has 0 aliphatic carbocycles. The zero-order valence-electron chi connectivity index (χ0n) is 10.5. The molecule has 3 heteroatoms. The van der Waals surface area contributed by atoms with Gasteiger partial charge in [0.1, 0.15) is 6.07 Å². The second kappa shape index (κ2) is 4.29. The Morgan fingerprint density at radius 1 is 1.35 bits per heavy atom. The van der Waals surface area contributed by atoms with Crippen molar-refractivity contribution < 1.29 is 0 Å². The number of nitrogen functional groups attached to an aromatic ring is 1. The Hall–Kier alpha value is -1.69. The van der Waals surface area contributed by atoms with E-state index in [2.05, 4.69) is 24.8 Å². The molecule has 1 aromatic rings. The van der Waals surface area contributed by atoms with E-state index in [-0.39, 0.29) is 0 Å². The molecule has 1 aromatic carbocycles. The predicted molar refractivity (Wildman–Crippen MR) is 70.8 cm³/mol. The molecule has 17 heavy (non-hydrogen) atoms. The molecule has 1 heterocycles. The molecule has 3 nitrogen and oxygen atoms in total. The van der Waals surface area contributed by atoms with Gasteiger partial charge in [0, 0.05) is 24.2 Å². The first-order chi connectivity index (χ1) is 8.14. The normalized spacial score (nSPS) is 17.4. The fourth-order valence-electron chi connectivity index (χ4n) is 2.55. The summed E-state index contributed by atoms with van der Waals surface area (Å²) in [6, 6.07) is 7.81. The van der Waals surface area contributed by atoms with Gasteiger partial charge in [-0.15, -0.1) is 0 Å². The Balaban J connectivity index is 2.19. The molecule has 1 aliphatic rings. The van der Waals surface area contributed by atoms with Gasteiger partial charge in [0.15, 0.2) is 0 Å². The maximum Gasteiger partial charge on any atom is 0.101 e. The molecule has 0 spiro atoms. The molecule has 2 N–H and O–H groups in total. The van der Waals surface area contributed by atoms with Gasteiger partial charge < -0.3 is 10.6 Å². The Morgan fingerprint density at radius 2 is 2.00 bits per heavy atom. The van der Waals surface area contributed by atoms with Crippen LogP contribution in [-0.4, -0.2) is 13.1 Å².